The molecule has 3 N–H and O–H groups in total. The Labute approximate surface area is 127 Å². The van der Waals surface area contributed by atoms with Gasteiger partial charge in [-0.3, -0.25) is 0 Å². The van der Waals surface area contributed by atoms with Crippen molar-refractivity contribution < 1.29 is 19.4 Å². The fourth-order valence-electron chi connectivity index (χ4n) is 1.68. The van der Waals surface area contributed by atoms with Gasteiger partial charge in [0.2, 0.25) is 0 Å². The molecule has 0 bridgehead atoms. The van der Waals surface area contributed by atoms with Gasteiger partial charge in [-0.15, -0.1) is 6.58 Å². The number of aromatic carboxylic acids is 1. The molecule has 7 heteroatoms. The van der Waals surface area contributed by atoms with Crippen molar-refractivity contribution in [3.05, 3.63) is 35.4 Å². The summed E-state index contributed by atoms with van der Waals surface area (Å²) in [6, 6.07) is 2.06. The summed E-state index contributed by atoms with van der Waals surface area (Å²) < 4.78 is 4.98. The first-order chi connectivity index (χ1) is 9.88. The van der Waals surface area contributed by atoms with Crippen LogP contribution in [0.2, 0.25) is 5.02 Å². The van der Waals surface area contributed by atoms with Gasteiger partial charge in [0.25, 0.3) is 0 Å². The molecule has 0 heterocycles. The fourth-order valence-corrected chi connectivity index (χ4v) is 1.89. The quantitative estimate of drug-likeness (QED) is 0.704. The summed E-state index contributed by atoms with van der Waals surface area (Å²) in [5.74, 6) is -1.05. The minimum absolute atomic E-state index is 0.0755. The molecule has 6 nitrogen and oxygen atoms in total. The van der Waals surface area contributed by atoms with E-state index in [9.17, 15) is 9.59 Å². The number of methoxy groups -OCH3 is 1. The number of carboxylic acid groups (broad SMARTS) is 1. The highest BCUT2D eigenvalue weighted by atomic mass is 35.5. The number of halogens is 1. The van der Waals surface area contributed by atoms with E-state index in [0.29, 0.717) is 6.42 Å². The van der Waals surface area contributed by atoms with Gasteiger partial charge >= 0.3 is 12.0 Å². The van der Waals surface area contributed by atoms with E-state index in [1.807, 2.05) is 6.92 Å². The van der Waals surface area contributed by atoms with Crippen LogP contribution in [0.1, 0.15) is 23.7 Å². The zero-order valence-corrected chi connectivity index (χ0v) is 12.5. The van der Waals surface area contributed by atoms with E-state index in [1.165, 1.54) is 19.2 Å². The van der Waals surface area contributed by atoms with Crippen molar-refractivity contribution in [2.24, 2.45) is 0 Å². The van der Waals surface area contributed by atoms with Gasteiger partial charge < -0.3 is 20.5 Å². The van der Waals surface area contributed by atoms with Gasteiger partial charge in [0, 0.05) is 12.1 Å². The molecule has 1 atom stereocenters. The largest absolute Gasteiger partial charge is 0.496 e. The molecule has 0 saturated carbocycles. The molecular formula is C14H17ClN2O4. The maximum atomic E-state index is 11.8. The third-order valence-corrected chi connectivity index (χ3v) is 2.98. The van der Waals surface area contributed by atoms with Crippen LogP contribution in [-0.2, 0) is 0 Å². The zero-order chi connectivity index (χ0) is 16.0. The molecule has 1 unspecified atom stereocenters. The molecule has 1 rings (SSSR count). The summed E-state index contributed by atoms with van der Waals surface area (Å²) in [6.07, 6.45) is 2.32. The van der Waals surface area contributed by atoms with Crippen molar-refractivity contribution in [3.63, 3.8) is 0 Å². The van der Waals surface area contributed by atoms with E-state index in [2.05, 4.69) is 17.2 Å². The number of benzene rings is 1. The van der Waals surface area contributed by atoms with Crippen molar-refractivity contribution in [2.75, 3.05) is 12.4 Å². The standard InChI is InChI=1S/C14H17ClN2O4/c1-4-5-8(2)16-14(20)17-11-7-12(21-3)9(13(18)19)6-10(11)15/h4,6-8H,1,5H2,2-3H3,(H,18,19)(H2,16,17,20). The Kier molecular flexibility index (Phi) is 6.05. The van der Waals surface area contributed by atoms with Crippen LogP contribution in [0.25, 0.3) is 0 Å². The van der Waals surface area contributed by atoms with Crippen LogP contribution in [0.5, 0.6) is 5.75 Å². The normalized spacial score (nSPS) is 11.4. The van der Waals surface area contributed by atoms with Crippen molar-refractivity contribution in [3.8, 4) is 5.75 Å². The highest BCUT2D eigenvalue weighted by Gasteiger charge is 2.16. The van der Waals surface area contributed by atoms with Gasteiger partial charge in [-0.1, -0.05) is 17.7 Å². The number of hydrogen-bond donors (Lipinski definition) is 3. The number of carbonyl (C=O) groups is 2. The van der Waals surface area contributed by atoms with Crippen LogP contribution in [0.3, 0.4) is 0 Å². The molecule has 0 radical (unpaired) electrons. The molecule has 0 aliphatic carbocycles. The monoisotopic (exact) mass is 312 g/mol. The third-order valence-electron chi connectivity index (χ3n) is 2.67. The fraction of sp³-hybridized carbons (Fsp3) is 0.286. The van der Waals surface area contributed by atoms with Gasteiger partial charge in [0.1, 0.15) is 11.3 Å². The van der Waals surface area contributed by atoms with Crippen molar-refractivity contribution in [2.45, 2.75) is 19.4 Å². The molecule has 0 saturated heterocycles. The Morgan fingerprint density at radius 2 is 2.19 bits per heavy atom. The number of urea groups is 1. The highest BCUT2D eigenvalue weighted by Crippen LogP contribution is 2.30. The Morgan fingerprint density at radius 3 is 2.71 bits per heavy atom. The highest BCUT2D eigenvalue weighted by molar-refractivity contribution is 6.34. The number of hydrogen-bond acceptors (Lipinski definition) is 3. The van der Waals surface area contributed by atoms with E-state index < -0.39 is 12.0 Å². The number of amides is 2. The van der Waals surface area contributed by atoms with E-state index in [1.54, 1.807) is 6.08 Å². The molecule has 0 aromatic heterocycles. The van der Waals surface area contributed by atoms with E-state index >= 15 is 0 Å². The third kappa shape index (κ3) is 4.68. The molecule has 21 heavy (non-hydrogen) atoms. The number of nitrogens with one attached hydrogen (secondary N) is 2. The summed E-state index contributed by atoms with van der Waals surface area (Å²) >= 11 is 5.97. The van der Waals surface area contributed by atoms with Crippen LogP contribution in [0, 0.1) is 0 Å². The van der Waals surface area contributed by atoms with Crippen LogP contribution < -0.4 is 15.4 Å². The Bertz CT molecular complexity index is 560. The van der Waals surface area contributed by atoms with Crippen LogP contribution in [0.4, 0.5) is 10.5 Å². The Morgan fingerprint density at radius 1 is 1.52 bits per heavy atom. The lowest BCUT2D eigenvalue weighted by Crippen LogP contribution is -2.35. The van der Waals surface area contributed by atoms with Gasteiger partial charge in [0.15, 0.2) is 0 Å². The summed E-state index contributed by atoms with van der Waals surface area (Å²) in [4.78, 5) is 22.8. The average Bonchev–Trinajstić information content (AvgIpc) is 2.40. The minimum Gasteiger partial charge on any atom is -0.496 e. The first-order valence-electron chi connectivity index (χ1n) is 6.18. The van der Waals surface area contributed by atoms with Crippen molar-refractivity contribution in [1.82, 2.24) is 5.32 Å². The molecular weight excluding hydrogens is 296 g/mol. The first-order valence-corrected chi connectivity index (χ1v) is 6.56. The molecule has 1 aromatic carbocycles. The summed E-state index contributed by atoms with van der Waals surface area (Å²) in [7, 11) is 1.34. The second-order valence-electron chi connectivity index (χ2n) is 4.36. The predicted molar refractivity (Wildman–Crippen MR) is 81.4 cm³/mol. The maximum absolute atomic E-state index is 11.8. The average molecular weight is 313 g/mol. The number of carbonyl (C=O) groups excluding carboxylic acids is 1. The molecule has 114 valence electrons. The van der Waals surface area contributed by atoms with Crippen molar-refractivity contribution >= 4 is 29.3 Å². The summed E-state index contributed by atoms with van der Waals surface area (Å²) in [5, 5.41) is 14.4. The number of ether oxygens (including phenoxy) is 1. The lowest BCUT2D eigenvalue weighted by molar-refractivity contribution is 0.0693. The molecule has 0 aliphatic heterocycles. The van der Waals surface area contributed by atoms with Gasteiger partial charge in [-0.25, -0.2) is 9.59 Å². The van der Waals surface area contributed by atoms with Crippen LogP contribution >= 0.6 is 11.6 Å². The van der Waals surface area contributed by atoms with Crippen LogP contribution in [-0.4, -0.2) is 30.3 Å². The van der Waals surface area contributed by atoms with Gasteiger partial charge in [-0.2, -0.15) is 0 Å². The maximum Gasteiger partial charge on any atom is 0.339 e. The Hall–Kier alpha value is -2.21. The van der Waals surface area contributed by atoms with Gasteiger partial charge in [0.05, 0.1) is 17.8 Å². The molecule has 1 aromatic rings. The van der Waals surface area contributed by atoms with Crippen LogP contribution in [0.15, 0.2) is 24.8 Å². The van der Waals surface area contributed by atoms with E-state index in [-0.39, 0.29) is 28.1 Å². The van der Waals surface area contributed by atoms with E-state index in [4.69, 9.17) is 21.4 Å². The van der Waals surface area contributed by atoms with Crippen molar-refractivity contribution in [1.29, 1.82) is 0 Å². The molecule has 0 aliphatic rings. The van der Waals surface area contributed by atoms with E-state index in [0.717, 1.165) is 0 Å². The second-order valence-corrected chi connectivity index (χ2v) is 4.77. The lowest BCUT2D eigenvalue weighted by atomic mass is 10.2. The number of anilines is 1. The summed E-state index contributed by atoms with van der Waals surface area (Å²) in [5.41, 5.74) is 0.190. The lowest BCUT2D eigenvalue weighted by Gasteiger charge is -2.15. The molecule has 2 amide bonds. The first kappa shape index (κ1) is 16.8. The summed E-state index contributed by atoms with van der Waals surface area (Å²) in [6.45, 7) is 5.42. The molecule has 0 spiro atoms. The topological polar surface area (TPSA) is 87.7 Å². The smallest absolute Gasteiger partial charge is 0.339 e. The Balaban J connectivity index is 2.91. The minimum atomic E-state index is -1.16. The predicted octanol–water partition coefficient (Wildman–Crippen LogP) is 3.13. The number of carboxylic acids is 1. The SMILES string of the molecule is C=CCC(C)NC(=O)Nc1cc(OC)c(C(=O)O)cc1Cl. The zero-order valence-electron chi connectivity index (χ0n) is 11.8. The van der Waals surface area contributed by atoms with Gasteiger partial charge in [-0.05, 0) is 19.4 Å². The molecule has 0 fully saturated rings. The number of rotatable bonds is 6. The second kappa shape index (κ2) is 7.54.